The van der Waals surface area contributed by atoms with Gasteiger partial charge < -0.3 is 14.3 Å². The van der Waals surface area contributed by atoms with Crippen molar-refractivity contribution in [1.29, 1.82) is 0 Å². The summed E-state index contributed by atoms with van der Waals surface area (Å²) < 4.78 is 20.7. The van der Waals surface area contributed by atoms with E-state index in [1.807, 2.05) is 6.07 Å². The lowest BCUT2D eigenvalue weighted by molar-refractivity contribution is 0.101. The highest BCUT2D eigenvalue weighted by molar-refractivity contribution is 6.31. The SMILES string of the molecule is O=C(Nc1cccc(Cl)c1)c1cc2occc2n1Cc1cccc(F)c1. The molecule has 1 amide bonds. The Bertz CT molecular complexity index is 1100. The van der Waals surface area contributed by atoms with Gasteiger partial charge in [-0.25, -0.2) is 4.39 Å². The fraction of sp³-hybridized carbons (Fsp3) is 0.0500. The highest BCUT2D eigenvalue weighted by atomic mass is 35.5. The smallest absolute Gasteiger partial charge is 0.272 e. The van der Waals surface area contributed by atoms with Crippen LogP contribution in [0.4, 0.5) is 10.1 Å². The third-order valence-corrected chi connectivity index (χ3v) is 4.30. The molecular formula is C20H14ClFN2O2. The minimum Gasteiger partial charge on any atom is -0.463 e. The Hall–Kier alpha value is -3.05. The zero-order chi connectivity index (χ0) is 18.1. The average molecular weight is 369 g/mol. The van der Waals surface area contributed by atoms with Crippen molar-refractivity contribution in [1.82, 2.24) is 4.57 Å². The van der Waals surface area contributed by atoms with Crippen LogP contribution in [-0.4, -0.2) is 10.5 Å². The van der Waals surface area contributed by atoms with Gasteiger partial charge in [0.1, 0.15) is 11.5 Å². The maximum Gasteiger partial charge on any atom is 0.272 e. The van der Waals surface area contributed by atoms with E-state index in [0.29, 0.717) is 28.5 Å². The normalized spacial score (nSPS) is 11.0. The Labute approximate surface area is 153 Å². The van der Waals surface area contributed by atoms with Crippen molar-refractivity contribution >= 4 is 34.3 Å². The first kappa shape index (κ1) is 16.4. The van der Waals surface area contributed by atoms with E-state index >= 15 is 0 Å². The zero-order valence-corrected chi connectivity index (χ0v) is 14.3. The third-order valence-electron chi connectivity index (χ3n) is 4.07. The first-order valence-corrected chi connectivity index (χ1v) is 8.36. The number of carbonyl (C=O) groups is 1. The van der Waals surface area contributed by atoms with Crippen molar-refractivity contribution in [2.24, 2.45) is 0 Å². The number of amides is 1. The van der Waals surface area contributed by atoms with E-state index in [9.17, 15) is 9.18 Å². The molecule has 4 nitrogen and oxygen atoms in total. The molecule has 2 aromatic carbocycles. The van der Waals surface area contributed by atoms with Crippen molar-refractivity contribution < 1.29 is 13.6 Å². The Morgan fingerprint density at radius 2 is 1.96 bits per heavy atom. The molecule has 2 aromatic heterocycles. The number of fused-ring (bicyclic) bond motifs is 1. The molecule has 2 heterocycles. The molecule has 0 atom stereocenters. The number of hydrogen-bond acceptors (Lipinski definition) is 2. The molecule has 4 aromatic rings. The molecule has 0 saturated carbocycles. The van der Waals surface area contributed by atoms with Gasteiger partial charge in [-0.3, -0.25) is 4.79 Å². The van der Waals surface area contributed by atoms with Gasteiger partial charge in [0.05, 0.1) is 11.8 Å². The zero-order valence-electron chi connectivity index (χ0n) is 13.6. The second-order valence-corrected chi connectivity index (χ2v) is 6.32. The fourth-order valence-corrected chi connectivity index (χ4v) is 3.11. The average Bonchev–Trinajstić information content (AvgIpc) is 3.18. The van der Waals surface area contributed by atoms with Crippen LogP contribution in [0.2, 0.25) is 5.02 Å². The van der Waals surface area contributed by atoms with Crippen LogP contribution in [0, 0.1) is 5.82 Å². The molecule has 0 saturated heterocycles. The summed E-state index contributed by atoms with van der Waals surface area (Å²) in [7, 11) is 0. The van der Waals surface area contributed by atoms with Crippen LogP contribution in [0.1, 0.15) is 16.1 Å². The van der Waals surface area contributed by atoms with Crippen molar-refractivity contribution in [3.63, 3.8) is 0 Å². The van der Waals surface area contributed by atoms with Crippen molar-refractivity contribution in [3.8, 4) is 0 Å². The number of hydrogen-bond donors (Lipinski definition) is 1. The second kappa shape index (κ2) is 6.69. The molecule has 0 radical (unpaired) electrons. The van der Waals surface area contributed by atoms with Crippen LogP contribution in [0.3, 0.4) is 0 Å². The standard InChI is InChI=1S/C20H14ClFN2O2/c21-14-4-2-6-16(10-14)23-20(25)18-11-19-17(7-8-26-19)24(18)12-13-3-1-5-15(22)9-13/h1-11H,12H2,(H,23,25). The van der Waals surface area contributed by atoms with Crippen molar-refractivity contribution in [2.45, 2.75) is 6.54 Å². The van der Waals surface area contributed by atoms with Gasteiger partial charge >= 0.3 is 0 Å². The van der Waals surface area contributed by atoms with E-state index in [1.54, 1.807) is 53.3 Å². The molecule has 0 bridgehead atoms. The Morgan fingerprint density at radius 3 is 2.77 bits per heavy atom. The van der Waals surface area contributed by atoms with E-state index in [2.05, 4.69) is 5.32 Å². The summed E-state index contributed by atoms with van der Waals surface area (Å²) in [6, 6.07) is 16.7. The Kier molecular flexibility index (Phi) is 4.22. The number of furan rings is 1. The largest absolute Gasteiger partial charge is 0.463 e. The van der Waals surface area contributed by atoms with Gasteiger partial charge in [-0.15, -0.1) is 0 Å². The monoisotopic (exact) mass is 368 g/mol. The molecule has 4 rings (SSSR count). The summed E-state index contributed by atoms with van der Waals surface area (Å²) >= 11 is 5.97. The Balaban J connectivity index is 1.70. The first-order valence-electron chi connectivity index (χ1n) is 7.98. The predicted molar refractivity (Wildman–Crippen MR) is 99.1 cm³/mol. The van der Waals surface area contributed by atoms with Crippen LogP contribution < -0.4 is 5.32 Å². The number of halogens is 2. The van der Waals surface area contributed by atoms with Crippen LogP contribution in [0.15, 0.2) is 71.3 Å². The van der Waals surface area contributed by atoms with Crippen molar-refractivity contribution in [3.05, 3.63) is 89.0 Å². The van der Waals surface area contributed by atoms with Gasteiger partial charge in [-0.05, 0) is 35.9 Å². The number of benzene rings is 2. The lowest BCUT2D eigenvalue weighted by Crippen LogP contribution is -2.17. The molecule has 26 heavy (non-hydrogen) atoms. The summed E-state index contributed by atoms with van der Waals surface area (Å²) in [5.41, 5.74) is 3.13. The number of nitrogens with zero attached hydrogens (tertiary/aromatic N) is 1. The topological polar surface area (TPSA) is 47.2 Å². The van der Waals surface area contributed by atoms with Crippen LogP contribution in [0.25, 0.3) is 11.1 Å². The number of anilines is 1. The minimum absolute atomic E-state index is 0.296. The first-order chi connectivity index (χ1) is 12.6. The Morgan fingerprint density at radius 1 is 1.12 bits per heavy atom. The highest BCUT2D eigenvalue weighted by Gasteiger charge is 2.18. The van der Waals surface area contributed by atoms with Crippen molar-refractivity contribution in [2.75, 3.05) is 5.32 Å². The predicted octanol–water partition coefficient (Wildman–Crippen LogP) is 5.33. The molecule has 0 fully saturated rings. The number of nitrogens with one attached hydrogen (secondary N) is 1. The lowest BCUT2D eigenvalue weighted by atomic mass is 10.2. The minimum atomic E-state index is -0.317. The summed E-state index contributed by atoms with van der Waals surface area (Å²) in [6.45, 7) is 0.346. The molecule has 0 aliphatic rings. The van der Waals surface area contributed by atoms with Crippen LogP contribution in [-0.2, 0) is 6.54 Å². The molecule has 1 N–H and O–H groups in total. The highest BCUT2D eigenvalue weighted by Crippen LogP contribution is 2.24. The van der Waals surface area contributed by atoms with Gasteiger partial charge in [-0.2, -0.15) is 0 Å². The van der Waals surface area contributed by atoms with E-state index in [-0.39, 0.29) is 11.7 Å². The fourth-order valence-electron chi connectivity index (χ4n) is 2.91. The van der Waals surface area contributed by atoms with Crippen LogP contribution in [0.5, 0.6) is 0 Å². The summed E-state index contributed by atoms with van der Waals surface area (Å²) in [5, 5.41) is 3.36. The van der Waals surface area contributed by atoms with E-state index in [0.717, 1.165) is 11.1 Å². The summed E-state index contributed by atoms with van der Waals surface area (Å²) in [5.74, 6) is -0.613. The molecule has 0 unspecified atom stereocenters. The molecule has 6 heteroatoms. The quantitative estimate of drug-likeness (QED) is 0.529. The number of carbonyl (C=O) groups excluding carboxylic acids is 1. The molecule has 130 valence electrons. The van der Waals surface area contributed by atoms with Crippen LogP contribution >= 0.6 is 11.6 Å². The van der Waals surface area contributed by atoms with Gasteiger partial charge in [0.2, 0.25) is 0 Å². The van der Waals surface area contributed by atoms with E-state index in [1.165, 1.54) is 12.1 Å². The maximum atomic E-state index is 13.5. The molecular weight excluding hydrogens is 355 g/mol. The van der Waals surface area contributed by atoms with Gasteiger partial charge in [0.25, 0.3) is 5.91 Å². The lowest BCUT2D eigenvalue weighted by Gasteiger charge is -2.11. The molecule has 0 spiro atoms. The number of aromatic nitrogens is 1. The van der Waals surface area contributed by atoms with Gasteiger partial charge in [-0.1, -0.05) is 29.8 Å². The maximum absolute atomic E-state index is 13.5. The van der Waals surface area contributed by atoms with E-state index < -0.39 is 0 Å². The summed E-state index contributed by atoms with van der Waals surface area (Å²) in [4.78, 5) is 12.8. The third kappa shape index (κ3) is 3.21. The van der Waals surface area contributed by atoms with Gasteiger partial charge in [0.15, 0.2) is 5.58 Å². The number of rotatable bonds is 4. The summed E-state index contributed by atoms with van der Waals surface area (Å²) in [6.07, 6.45) is 1.56. The van der Waals surface area contributed by atoms with Gasteiger partial charge in [0, 0.05) is 29.4 Å². The molecule has 0 aliphatic heterocycles. The molecule has 0 aliphatic carbocycles. The van der Waals surface area contributed by atoms with E-state index in [4.69, 9.17) is 16.0 Å². The second-order valence-electron chi connectivity index (χ2n) is 5.88.